The first-order valence-corrected chi connectivity index (χ1v) is 18.1. The predicted octanol–water partition coefficient (Wildman–Crippen LogP) is 6.78. The molecule has 1 aliphatic carbocycles. The van der Waals surface area contributed by atoms with Crippen LogP contribution >= 0.6 is 23.2 Å². The van der Waals surface area contributed by atoms with Crippen molar-refractivity contribution in [3.63, 3.8) is 0 Å². The van der Waals surface area contributed by atoms with Crippen molar-refractivity contribution in [2.75, 3.05) is 25.5 Å². The summed E-state index contributed by atoms with van der Waals surface area (Å²) in [4.78, 5) is 49.0. The van der Waals surface area contributed by atoms with Gasteiger partial charge in [-0.2, -0.15) is 13.2 Å². The Balaban J connectivity index is 1.15. The molecule has 5 aromatic rings. The number of rotatable bonds is 6. The third-order valence-electron chi connectivity index (χ3n) is 10.9. The normalized spacial score (nSPS) is 19.9. The Morgan fingerprint density at radius 2 is 1.67 bits per heavy atom. The molecule has 2 N–H and O–H groups in total. The van der Waals surface area contributed by atoms with E-state index in [1.807, 2.05) is 18.2 Å². The van der Waals surface area contributed by atoms with Crippen molar-refractivity contribution < 1.29 is 22.7 Å². The van der Waals surface area contributed by atoms with Crippen LogP contribution in [0.2, 0.25) is 10.0 Å². The number of anilines is 2. The molecule has 2 saturated heterocycles. The summed E-state index contributed by atoms with van der Waals surface area (Å²) in [6, 6.07) is 13.1. The number of likely N-dealkylation sites (tertiary alicyclic amines) is 1. The molecule has 0 radical (unpaired) electrons. The molecule has 5 heterocycles. The van der Waals surface area contributed by atoms with E-state index in [4.69, 9.17) is 32.9 Å². The van der Waals surface area contributed by atoms with Crippen molar-refractivity contribution in [3.05, 3.63) is 96.2 Å². The number of carbonyl (C=O) groups is 1. The van der Waals surface area contributed by atoms with E-state index < -0.39 is 28.9 Å². The number of pyridine rings is 2. The first-order valence-electron chi connectivity index (χ1n) is 17.4. The zero-order valence-corrected chi connectivity index (χ0v) is 30.9. The molecule has 2 aliphatic heterocycles. The molecule has 3 aliphatic rings. The highest BCUT2D eigenvalue weighted by atomic mass is 35.5. The number of aromatic nitrogens is 4. The number of ether oxygens (including phenoxy) is 1. The van der Waals surface area contributed by atoms with E-state index in [1.54, 1.807) is 25.3 Å². The molecular weight excluding hydrogens is 746 g/mol. The van der Waals surface area contributed by atoms with Gasteiger partial charge in [-0.3, -0.25) is 23.6 Å². The van der Waals surface area contributed by atoms with Gasteiger partial charge in [-0.25, -0.2) is 14.8 Å². The minimum absolute atomic E-state index is 0.106. The smallest absolute Gasteiger partial charge is 0.433 e. The largest absolute Gasteiger partial charge is 0.481 e. The van der Waals surface area contributed by atoms with E-state index in [0.717, 1.165) is 59.0 Å². The lowest BCUT2D eigenvalue weighted by Gasteiger charge is -2.28. The monoisotopic (exact) mass is 779 g/mol. The number of benzene rings is 2. The Hall–Kier alpha value is -4.92. The third kappa shape index (κ3) is 5.91. The van der Waals surface area contributed by atoms with Gasteiger partial charge in [0.05, 0.1) is 39.6 Å². The summed E-state index contributed by atoms with van der Waals surface area (Å²) in [5, 5.41) is 6.27. The standard InChI is InChI=1S/C38H34Cl2F3N7O4/c1-48-26-17-27(38(41,42)43)46-33(30(26)35(52)49(2)36(48)53)44-23-9-5-7-21(32(23)40)20-6-4-8-22(31(20)39)24-16-19-10-11-25(29(19)34(45-24)54-3)50-15-14-37(18-50)13-12-28(51)47-37/h4-9,16-17,25H,10-15,18H2,1-3H3,(H,44,46)(H,47,51)/t25-,37-/m0/s1. The summed E-state index contributed by atoms with van der Waals surface area (Å²) in [6.45, 7) is 1.65. The predicted molar refractivity (Wildman–Crippen MR) is 200 cm³/mol. The first-order chi connectivity index (χ1) is 25.7. The number of nitrogens with one attached hydrogen (secondary N) is 2. The second-order valence-corrected chi connectivity index (χ2v) is 14.9. The van der Waals surface area contributed by atoms with Crippen LogP contribution in [0.15, 0.2) is 58.1 Å². The second-order valence-electron chi connectivity index (χ2n) is 14.1. The molecule has 11 nitrogen and oxygen atoms in total. The van der Waals surface area contributed by atoms with E-state index in [0.29, 0.717) is 45.8 Å². The van der Waals surface area contributed by atoms with Crippen LogP contribution in [-0.4, -0.2) is 55.6 Å². The van der Waals surface area contributed by atoms with Crippen LogP contribution in [0.25, 0.3) is 33.3 Å². The molecule has 3 aromatic heterocycles. The van der Waals surface area contributed by atoms with Crippen molar-refractivity contribution in [3.8, 4) is 28.3 Å². The first kappa shape index (κ1) is 36.1. The molecule has 1 spiro atoms. The lowest BCUT2D eigenvalue weighted by Crippen LogP contribution is -2.44. The Morgan fingerprint density at radius 3 is 2.37 bits per heavy atom. The highest BCUT2D eigenvalue weighted by Gasteiger charge is 2.46. The number of hydrogen-bond acceptors (Lipinski definition) is 8. The Morgan fingerprint density at radius 1 is 0.944 bits per heavy atom. The molecule has 54 heavy (non-hydrogen) atoms. The topological polar surface area (TPSA) is 123 Å². The fourth-order valence-electron chi connectivity index (χ4n) is 8.22. The maximum absolute atomic E-state index is 14.0. The van der Waals surface area contributed by atoms with Gasteiger partial charge < -0.3 is 15.4 Å². The fraction of sp³-hybridized carbons (Fsp3) is 0.342. The van der Waals surface area contributed by atoms with E-state index in [-0.39, 0.29) is 39.1 Å². The van der Waals surface area contributed by atoms with Crippen LogP contribution in [0, 0.1) is 0 Å². The van der Waals surface area contributed by atoms with E-state index in [1.165, 1.54) is 20.2 Å². The summed E-state index contributed by atoms with van der Waals surface area (Å²) < 4.78 is 49.6. The Kier molecular flexibility index (Phi) is 8.77. The maximum Gasteiger partial charge on any atom is 0.433 e. The molecule has 0 bridgehead atoms. The van der Waals surface area contributed by atoms with Crippen LogP contribution in [0.4, 0.5) is 24.7 Å². The van der Waals surface area contributed by atoms with Crippen LogP contribution in [0.1, 0.15) is 48.5 Å². The van der Waals surface area contributed by atoms with Crippen molar-refractivity contribution >= 4 is 51.5 Å². The van der Waals surface area contributed by atoms with Crippen LogP contribution < -0.4 is 26.6 Å². The van der Waals surface area contributed by atoms with E-state index >= 15 is 0 Å². The number of amides is 1. The molecule has 16 heteroatoms. The Bertz CT molecular complexity index is 2520. The van der Waals surface area contributed by atoms with Gasteiger partial charge in [0, 0.05) is 61.9 Å². The van der Waals surface area contributed by atoms with Gasteiger partial charge in [-0.15, -0.1) is 0 Å². The SMILES string of the molecule is COc1nc(-c2cccc(-c3cccc(Nc4nc(C(F)(F)F)cc5c4c(=O)n(C)c(=O)n5C)c3Cl)c2Cl)cc2c1[C@@H](N1CC[C@@]3(CCC(=O)N3)C1)CC2. The van der Waals surface area contributed by atoms with Crippen LogP contribution in [-0.2, 0) is 31.5 Å². The summed E-state index contributed by atoms with van der Waals surface area (Å²) in [7, 11) is 4.11. The van der Waals surface area contributed by atoms with Gasteiger partial charge in [-0.1, -0.05) is 53.5 Å². The zero-order chi connectivity index (χ0) is 38.3. The van der Waals surface area contributed by atoms with Gasteiger partial charge >= 0.3 is 11.9 Å². The Labute approximate surface area is 316 Å². The lowest BCUT2D eigenvalue weighted by atomic mass is 9.97. The molecule has 0 unspecified atom stereocenters. The van der Waals surface area contributed by atoms with Crippen molar-refractivity contribution in [2.24, 2.45) is 14.1 Å². The molecule has 1 amide bonds. The molecular formula is C38H34Cl2F3N7O4. The summed E-state index contributed by atoms with van der Waals surface area (Å²) >= 11 is 14.1. The number of alkyl halides is 3. The molecule has 8 rings (SSSR count). The number of halogens is 5. The van der Waals surface area contributed by atoms with Crippen molar-refractivity contribution in [1.29, 1.82) is 0 Å². The van der Waals surface area contributed by atoms with Gasteiger partial charge in [0.1, 0.15) is 16.9 Å². The molecule has 2 fully saturated rings. The highest BCUT2D eigenvalue weighted by molar-refractivity contribution is 6.39. The highest BCUT2D eigenvalue weighted by Crippen LogP contribution is 2.47. The minimum atomic E-state index is -4.87. The quantitative estimate of drug-likeness (QED) is 0.194. The van der Waals surface area contributed by atoms with Crippen molar-refractivity contribution in [2.45, 2.75) is 49.9 Å². The number of hydrogen-bond donors (Lipinski definition) is 2. The fourth-order valence-corrected chi connectivity index (χ4v) is 8.82. The number of fused-ring (bicyclic) bond motifs is 2. The second kappa shape index (κ2) is 13.1. The average Bonchev–Trinajstić information content (AvgIpc) is 3.87. The molecule has 0 saturated carbocycles. The van der Waals surface area contributed by atoms with Gasteiger partial charge in [0.2, 0.25) is 11.8 Å². The van der Waals surface area contributed by atoms with Crippen molar-refractivity contribution in [1.82, 2.24) is 29.3 Å². The minimum Gasteiger partial charge on any atom is -0.481 e. The summed E-state index contributed by atoms with van der Waals surface area (Å²) in [5.41, 5.74) is 1.20. The van der Waals surface area contributed by atoms with E-state index in [9.17, 15) is 27.6 Å². The molecule has 2 aromatic carbocycles. The molecule has 2 atom stereocenters. The average molecular weight is 781 g/mol. The lowest BCUT2D eigenvalue weighted by molar-refractivity contribution is -0.141. The summed E-state index contributed by atoms with van der Waals surface area (Å²) in [5.74, 6) is 0.204. The zero-order valence-electron chi connectivity index (χ0n) is 29.4. The molecule has 280 valence electrons. The number of nitrogens with zero attached hydrogens (tertiary/aromatic N) is 5. The van der Waals surface area contributed by atoms with Gasteiger partial charge in [0.25, 0.3) is 5.56 Å². The third-order valence-corrected chi connectivity index (χ3v) is 11.8. The van der Waals surface area contributed by atoms with E-state index in [2.05, 4.69) is 20.5 Å². The van der Waals surface area contributed by atoms with Crippen LogP contribution in [0.5, 0.6) is 5.88 Å². The number of carbonyl (C=O) groups excluding carboxylic acids is 1. The van der Waals surface area contributed by atoms with Crippen LogP contribution in [0.3, 0.4) is 0 Å². The van der Waals surface area contributed by atoms with Gasteiger partial charge in [0.15, 0.2) is 0 Å². The van der Waals surface area contributed by atoms with Gasteiger partial charge in [-0.05, 0) is 49.4 Å². The maximum atomic E-state index is 14.0. The number of aryl methyl sites for hydroxylation is 2. The number of methoxy groups -OCH3 is 1. The summed E-state index contributed by atoms with van der Waals surface area (Å²) in [6.07, 6.45) is -0.857.